The molecule has 0 heterocycles. The summed E-state index contributed by atoms with van der Waals surface area (Å²) in [4.78, 5) is 9.53. The van der Waals surface area contributed by atoms with E-state index in [2.05, 4.69) is 0 Å². The van der Waals surface area contributed by atoms with Crippen LogP contribution in [0.3, 0.4) is 0 Å². The van der Waals surface area contributed by atoms with Crippen molar-refractivity contribution >= 4 is 0 Å². The minimum Gasteiger partial charge on any atom is -0.512 e. The van der Waals surface area contributed by atoms with Crippen LogP contribution in [0.1, 0.15) is 20.3 Å². The Bertz CT molecular complexity index is 206. The van der Waals surface area contributed by atoms with Crippen molar-refractivity contribution in [2.24, 2.45) is 0 Å². The fourth-order valence-corrected chi connectivity index (χ4v) is 0.396. The summed E-state index contributed by atoms with van der Waals surface area (Å²) in [5, 5.41) is 18.9. The Morgan fingerprint density at radius 1 is 1.64 bits per heavy atom. The van der Waals surface area contributed by atoms with E-state index < -0.39 is 4.92 Å². The van der Waals surface area contributed by atoms with Crippen LogP contribution in [0.5, 0.6) is 0 Å². The summed E-state index contributed by atoms with van der Waals surface area (Å²) in [5.41, 5.74) is 0.0185. The molecule has 4 nitrogen and oxygen atoms in total. The summed E-state index contributed by atoms with van der Waals surface area (Å²) in [6, 6.07) is 0. The molecule has 0 atom stereocenters. The van der Waals surface area contributed by atoms with Crippen LogP contribution >= 0.6 is 0 Å². The first-order chi connectivity index (χ1) is 5.07. The first-order valence-corrected chi connectivity index (χ1v) is 3.28. The van der Waals surface area contributed by atoms with Gasteiger partial charge in [-0.1, -0.05) is 6.92 Å². The lowest BCUT2D eigenvalue weighted by molar-refractivity contribution is -0.424. The molecule has 1 N–H and O–H groups in total. The first-order valence-electron chi connectivity index (χ1n) is 3.28. The highest BCUT2D eigenvalue weighted by Gasteiger charge is 1.98. The quantitative estimate of drug-likeness (QED) is 0.295. The van der Waals surface area contributed by atoms with Gasteiger partial charge in [0.05, 0.1) is 10.7 Å². The average Bonchev–Trinajstić information content (AvgIpc) is 1.99. The van der Waals surface area contributed by atoms with Crippen molar-refractivity contribution in [1.82, 2.24) is 0 Å². The van der Waals surface area contributed by atoms with Crippen molar-refractivity contribution < 1.29 is 10.0 Å². The zero-order valence-electron chi connectivity index (χ0n) is 6.57. The Hall–Kier alpha value is -1.32. The SMILES string of the molecule is CC/C(O)=C\C=C(/C)[N+](=O)[O-]. The predicted octanol–water partition coefficient (Wildman–Crippen LogP) is 2.02. The van der Waals surface area contributed by atoms with Gasteiger partial charge < -0.3 is 5.11 Å². The molecule has 0 spiro atoms. The Labute approximate surface area is 65.0 Å². The van der Waals surface area contributed by atoms with Gasteiger partial charge in [-0.15, -0.1) is 0 Å². The maximum absolute atomic E-state index is 10.0. The van der Waals surface area contributed by atoms with Crippen LogP contribution in [0.4, 0.5) is 0 Å². The van der Waals surface area contributed by atoms with Crippen molar-refractivity contribution in [3.63, 3.8) is 0 Å². The molecule has 0 rings (SSSR count). The maximum atomic E-state index is 10.0. The monoisotopic (exact) mass is 157 g/mol. The number of rotatable bonds is 3. The molecule has 0 aliphatic heterocycles. The number of hydrogen-bond donors (Lipinski definition) is 1. The lowest BCUT2D eigenvalue weighted by Gasteiger charge is -1.89. The number of allylic oxidation sites excluding steroid dienone is 4. The van der Waals surface area contributed by atoms with Gasteiger partial charge in [0.1, 0.15) is 0 Å². The van der Waals surface area contributed by atoms with Crippen molar-refractivity contribution in [3.05, 3.63) is 33.7 Å². The zero-order chi connectivity index (χ0) is 8.85. The molecule has 0 saturated heterocycles. The molecular weight excluding hydrogens is 146 g/mol. The van der Waals surface area contributed by atoms with Crippen molar-refractivity contribution in [3.8, 4) is 0 Å². The van der Waals surface area contributed by atoms with E-state index in [0.29, 0.717) is 6.42 Å². The summed E-state index contributed by atoms with van der Waals surface area (Å²) in [6.45, 7) is 3.14. The Balaban J connectivity index is 4.22. The van der Waals surface area contributed by atoms with Gasteiger partial charge in [-0.05, 0) is 6.08 Å². The van der Waals surface area contributed by atoms with Gasteiger partial charge in [0.2, 0.25) is 5.70 Å². The van der Waals surface area contributed by atoms with Gasteiger partial charge in [0.25, 0.3) is 0 Å². The normalized spacial score (nSPS) is 13.3. The topological polar surface area (TPSA) is 63.4 Å². The highest BCUT2D eigenvalue weighted by molar-refractivity contribution is 5.08. The lowest BCUT2D eigenvalue weighted by atomic mass is 10.3. The highest BCUT2D eigenvalue weighted by Crippen LogP contribution is 1.98. The summed E-state index contributed by atoms with van der Waals surface area (Å²) in [6.07, 6.45) is 3.10. The van der Waals surface area contributed by atoms with Gasteiger partial charge in [0, 0.05) is 19.4 Å². The number of nitro groups is 1. The molecule has 4 heteroatoms. The van der Waals surface area contributed by atoms with Gasteiger partial charge >= 0.3 is 0 Å². The van der Waals surface area contributed by atoms with Crippen molar-refractivity contribution in [1.29, 1.82) is 0 Å². The average molecular weight is 157 g/mol. The molecule has 0 aromatic rings. The van der Waals surface area contributed by atoms with Crippen molar-refractivity contribution in [2.45, 2.75) is 20.3 Å². The third-order valence-corrected chi connectivity index (χ3v) is 1.17. The number of aliphatic hydroxyl groups is 1. The van der Waals surface area contributed by atoms with Gasteiger partial charge in [0.15, 0.2) is 0 Å². The van der Waals surface area contributed by atoms with E-state index >= 15 is 0 Å². The number of aliphatic hydroxyl groups excluding tert-OH is 1. The van der Waals surface area contributed by atoms with E-state index in [-0.39, 0.29) is 11.5 Å². The molecule has 0 radical (unpaired) electrons. The highest BCUT2D eigenvalue weighted by atomic mass is 16.6. The standard InChI is InChI=1S/C7H11NO3/c1-3-7(9)5-4-6(2)8(10)11/h4-5,9H,3H2,1-2H3/b6-4+,7-5+. The molecule has 0 saturated carbocycles. The molecule has 0 aromatic heterocycles. The molecular formula is C7H11NO3. The Morgan fingerprint density at radius 2 is 2.18 bits per heavy atom. The summed E-state index contributed by atoms with van der Waals surface area (Å²) >= 11 is 0. The van der Waals surface area contributed by atoms with Crippen LogP contribution in [-0.2, 0) is 0 Å². The van der Waals surface area contributed by atoms with Gasteiger partial charge in [-0.2, -0.15) is 0 Å². The second-order valence-corrected chi connectivity index (χ2v) is 2.08. The van der Waals surface area contributed by atoms with E-state index in [1.807, 2.05) is 0 Å². The molecule has 11 heavy (non-hydrogen) atoms. The lowest BCUT2D eigenvalue weighted by Crippen LogP contribution is -1.92. The number of hydrogen-bond acceptors (Lipinski definition) is 3. The van der Waals surface area contributed by atoms with Crippen LogP contribution in [0, 0.1) is 10.1 Å². The van der Waals surface area contributed by atoms with E-state index in [9.17, 15) is 10.1 Å². The number of nitrogens with zero attached hydrogens (tertiary/aromatic N) is 1. The fourth-order valence-electron chi connectivity index (χ4n) is 0.396. The molecule has 62 valence electrons. The fraction of sp³-hybridized carbons (Fsp3) is 0.429. The van der Waals surface area contributed by atoms with Crippen LogP contribution < -0.4 is 0 Å². The van der Waals surface area contributed by atoms with E-state index in [4.69, 9.17) is 5.11 Å². The van der Waals surface area contributed by atoms with Gasteiger partial charge in [-0.25, -0.2) is 0 Å². The minimum atomic E-state index is -0.501. The smallest absolute Gasteiger partial charge is 0.243 e. The molecule has 0 aliphatic carbocycles. The van der Waals surface area contributed by atoms with E-state index in [1.54, 1.807) is 6.92 Å². The van der Waals surface area contributed by atoms with E-state index in [1.165, 1.54) is 19.1 Å². The largest absolute Gasteiger partial charge is 0.512 e. The Morgan fingerprint density at radius 3 is 2.55 bits per heavy atom. The molecule has 0 aliphatic rings. The van der Waals surface area contributed by atoms with Crippen LogP contribution in [0.2, 0.25) is 0 Å². The van der Waals surface area contributed by atoms with Crippen LogP contribution in [-0.4, -0.2) is 10.0 Å². The third kappa shape index (κ3) is 4.13. The molecule has 0 unspecified atom stereocenters. The summed E-state index contributed by atoms with van der Waals surface area (Å²) < 4.78 is 0. The predicted molar refractivity (Wildman–Crippen MR) is 41.8 cm³/mol. The zero-order valence-corrected chi connectivity index (χ0v) is 6.57. The van der Waals surface area contributed by atoms with E-state index in [0.717, 1.165) is 0 Å². The Kier molecular flexibility index (Phi) is 3.95. The summed E-state index contributed by atoms with van der Waals surface area (Å²) in [5.74, 6) is 0.145. The van der Waals surface area contributed by atoms with Crippen LogP contribution in [0.15, 0.2) is 23.6 Å². The minimum absolute atomic E-state index is 0.0185. The molecule has 0 bridgehead atoms. The first kappa shape index (κ1) is 9.68. The van der Waals surface area contributed by atoms with Crippen molar-refractivity contribution in [2.75, 3.05) is 0 Å². The van der Waals surface area contributed by atoms with Crippen LogP contribution in [0.25, 0.3) is 0 Å². The molecule has 0 aromatic carbocycles. The maximum Gasteiger partial charge on any atom is 0.243 e. The molecule has 0 amide bonds. The second kappa shape index (κ2) is 4.49. The summed E-state index contributed by atoms with van der Waals surface area (Å²) in [7, 11) is 0. The third-order valence-electron chi connectivity index (χ3n) is 1.17. The van der Waals surface area contributed by atoms with Gasteiger partial charge in [-0.3, -0.25) is 10.1 Å². The molecule has 0 fully saturated rings. The second-order valence-electron chi connectivity index (χ2n) is 2.08.